The van der Waals surface area contributed by atoms with Gasteiger partial charge in [-0.3, -0.25) is 9.59 Å². The summed E-state index contributed by atoms with van der Waals surface area (Å²) in [6.07, 6.45) is 35.8. The highest BCUT2D eigenvalue weighted by Crippen LogP contribution is 2.20. The molecule has 0 aliphatic heterocycles. The Morgan fingerprint density at radius 1 is 0.532 bits per heavy atom. The fraction of sp³-hybridized carbons (Fsp3) is 0.854. The molecule has 0 aliphatic rings. The predicted molar refractivity (Wildman–Crippen MR) is 202 cm³/mol. The van der Waals surface area contributed by atoms with Crippen molar-refractivity contribution < 1.29 is 19.1 Å². The zero-order valence-corrected chi connectivity index (χ0v) is 31.9. The van der Waals surface area contributed by atoms with Crippen LogP contribution in [0.4, 0.5) is 0 Å². The second kappa shape index (κ2) is 35.6. The maximum absolute atomic E-state index is 12.0. The summed E-state index contributed by atoms with van der Waals surface area (Å²) in [6, 6.07) is 0. The minimum atomic E-state index is -0.0578. The summed E-state index contributed by atoms with van der Waals surface area (Å²) in [4.78, 5) is 28.8. The van der Waals surface area contributed by atoms with Crippen molar-refractivity contribution >= 4 is 11.9 Å². The molecule has 0 bridgehead atoms. The molecule has 276 valence electrons. The van der Waals surface area contributed by atoms with Crippen LogP contribution in [-0.2, 0) is 19.1 Å². The number of carbonyl (C=O) groups is 2. The maximum Gasteiger partial charge on any atom is 0.306 e. The third-order valence-electron chi connectivity index (χ3n) is 8.95. The lowest BCUT2D eigenvalue weighted by molar-refractivity contribution is -0.143. The molecule has 0 heterocycles. The van der Waals surface area contributed by atoms with Gasteiger partial charge in [-0.2, -0.15) is 0 Å². The van der Waals surface area contributed by atoms with Crippen LogP contribution in [0, 0.1) is 5.92 Å². The van der Waals surface area contributed by atoms with Gasteiger partial charge in [0.2, 0.25) is 0 Å². The van der Waals surface area contributed by atoms with Gasteiger partial charge in [0.1, 0.15) is 13.2 Å². The molecule has 0 fully saturated rings. The number of unbranched alkanes of at least 4 members (excludes halogenated alkanes) is 16. The van der Waals surface area contributed by atoms with Crippen molar-refractivity contribution in [2.45, 2.75) is 168 Å². The molecule has 0 saturated carbocycles. The Balaban J connectivity index is 4.05. The summed E-state index contributed by atoms with van der Waals surface area (Å²) < 4.78 is 10.7. The third-order valence-corrected chi connectivity index (χ3v) is 8.95. The van der Waals surface area contributed by atoms with E-state index in [-0.39, 0.29) is 11.9 Å². The molecule has 0 aromatic carbocycles. The summed E-state index contributed by atoms with van der Waals surface area (Å²) >= 11 is 0. The lowest BCUT2D eigenvalue weighted by Gasteiger charge is -2.25. The first-order valence-electron chi connectivity index (χ1n) is 19.8. The van der Waals surface area contributed by atoms with E-state index in [1.807, 2.05) is 12.2 Å². The first-order chi connectivity index (χ1) is 22.9. The zero-order valence-electron chi connectivity index (χ0n) is 31.9. The summed E-state index contributed by atoms with van der Waals surface area (Å²) in [7, 11) is 6.55. The van der Waals surface area contributed by atoms with Crippen molar-refractivity contribution in [1.82, 2.24) is 9.80 Å². The molecule has 47 heavy (non-hydrogen) atoms. The molecule has 0 N–H and O–H groups in total. The summed E-state index contributed by atoms with van der Waals surface area (Å²) in [5.41, 5.74) is 0. The van der Waals surface area contributed by atoms with Crippen LogP contribution in [0.5, 0.6) is 0 Å². The van der Waals surface area contributed by atoms with Gasteiger partial charge in [-0.1, -0.05) is 128 Å². The third kappa shape index (κ3) is 35.5. The SMILES string of the molecule is CCCCCC/C=C/COC(=O)CCCCCCCC(CCCCCCCC(=O)OC/C=C/CCCCCC)CN(C)CCN(C)C. The molecule has 0 aliphatic carbocycles. The van der Waals surface area contributed by atoms with E-state index in [1.54, 1.807) is 0 Å². The zero-order chi connectivity index (χ0) is 34.6. The average Bonchev–Trinajstić information content (AvgIpc) is 3.05. The first kappa shape index (κ1) is 45.3. The highest BCUT2D eigenvalue weighted by atomic mass is 16.5. The van der Waals surface area contributed by atoms with Crippen LogP contribution in [-0.4, -0.2) is 75.7 Å². The highest BCUT2D eigenvalue weighted by Gasteiger charge is 2.12. The number of rotatable bonds is 35. The van der Waals surface area contributed by atoms with Gasteiger partial charge in [0.05, 0.1) is 0 Å². The number of likely N-dealkylation sites (N-methyl/N-ethyl adjacent to an activating group) is 2. The van der Waals surface area contributed by atoms with Crippen LogP contribution in [0.1, 0.15) is 168 Å². The topological polar surface area (TPSA) is 59.1 Å². The van der Waals surface area contributed by atoms with E-state index >= 15 is 0 Å². The van der Waals surface area contributed by atoms with E-state index in [0.717, 1.165) is 57.5 Å². The highest BCUT2D eigenvalue weighted by molar-refractivity contribution is 5.69. The van der Waals surface area contributed by atoms with E-state index in [1.165, 1.54) is 109 Å². The van der Waals surface area contributed by atoms with Crippen molar-refractivity contribution in [3.8, 4) is 0 Å². The molecular formula is C41H78N2O4. The van der Waals surface area contributed by atoms with Crippen LogP contribution in [0.25, 0.3) is 0 Å². The van der Waals surface area contributed by atoms with Gasteiger partial charge in [-0.15, -0.1) is 0 Å². The molecule has 0 spiro atoms. The molecule has 0 amide bonds. The summed E-state index contributed by atoms with van der Waals surface area (Å²) in [5.74, 6) is 0.627. The number of hydrogen-bond donors (Lipinski definition) is 0. The van der Waals surface area contributed by atoms with Gasteiger partial charge in [0.15, 0.2) is 0 Å². The summed E-state index contributed by atoms with van der Waals surface area (Å²) in [6.45, 7) is 8.67. The Kier molecular flexibility index (Phi) is 34.4. The van der Waals surface area contributed by atoms with Gasteiger partial charge in [-0.25, -0.2) is 0 Å². The minimum Gasteiger partial charge on any atom is -0.461 e. The average molecular weight is 663 g/mol. The smallest absolute Gasteiger partial charge is 0.306 e. The Labute approximate surface area is 292 Å². The largest absolute Gasteiger partial charge is 0.461 e. The van der Waals surface area contributed by atoms with Crippen LogP contribution in [0.3, 0.4) is 0 Å². The molecule has 0 atom stereocenters. The monoisotopic (exact) mass is 663 g/mol. The minimum absolute atomic E-state index is 0.0578. The van der Waals surface area contributed by atoms with Crippen LogP contribution < -0.4 is 0 Å². The normalized spacial score (nSPS) is 12.0. The standard InChI is InChI=1S/C41H78N2O4/c1-6-8-10-12-14-22-28-36-46-40(44)32-26-20-16-18-24-30-39(38-43(5)35-34-42(3)4)31-25-19-17-21-27-33-41(45)47-37-29-23-15-13-11-9-7-2/h22-23,28-29,39H,6-21,24-27,30-38H2,1-5H3/b28-22+,29-23+. The number of nitrogens with zero attached hydrogens (tertiary/aromatic N) is 2. The van der Waals surface area contributed by atoms with Gasteiger partial charge < -0.3 is 19.3 Å². The van der Waals surface area contributed by atoms with Crippen molar-refractivity contribution in [3.63, 3.8) is 0 Å². The molecule has 0 rings (SSSR count). The lowest BCUT2D eigenvalue weighted by atomic mass is 9.93. The Hall–Kier alpha value is -1.66. The Morgan fingerprint density at radius 2 is 0.957 bits per heavy atom. The van der Waals surface area contributed by atoms with Crippen LogP contribution in [0.2, 0.25) is 0 Å². The van der Waals surface area contributed by atoms with Crippen LogP contribution in [0.15, 0.2) is 24.3 Å². The Morgan fingerprint density at radius 3 is 1.40 bits per heavy atom. The van der Waals surface area contributed by atoms with Gasteiger partial charge in [0, 0.05) is 32.5 Å². The van der Waals surface area contributed by atoms with Crippen LogP contribution >= 0.6 is 0 Å². The van der Waals surface area contributed by atoms with Crippen molar-refractivity contribution in [2.75, 3.05) is 54.0 Å². The molecule has 0 aromatic rings. The molecular weight excluding hydrogens is 584 g/mol. The van der Waals surface area contributed by atoms with E-state index in [9.17, 15) is 9.59 Å². The van der Waals surface area contributed by atoms with Crippen molar-refractivity contribution in [2.24, 2.45) is 5.92 Å². The number of esters is 2. The molecule has 6 heteroatoms. The molecule has 0 aromatic heterocycles. The molecule has 0 radical (unpaired) electrons. The van der Waals surface area contributed by atoms with Gasteiger partial charge in [-0.05, 0) is 78.4 Å². The second-order valence-electron chi connectivity index (χ2n) is 14.1. The maximum atomic E-state index is 12.0. The van der Waals surface area contributed by atoms with E-state index in [0.29, 0.717) is 26.1 Å². The van der Waals surface area contributed by atoms with Crippen molar-refractivity contribution in [3.05, 3.63) is 24.3 Å². The van der Waals surface area contributed by atoms with Gasteiger partial charge >= 0.3 is 11.9 Å². The number of hydrogen-bond acceptors (Lipinski definition) is 6. The number of carbonyl (C=O) groups excluding carboxylic acids is 2. The fourth-order valence-electron chi connectivity index (χ4n) is 5.87. The molecule has 0 saturated heterocycles. The van der Waals surface area contributed by atoms with E-state index < -0.39 is 0 Å². The van der Waals surface area contributed by atoms with Crippen molar-refractivity contribution in [1.29, 1.82) is 0 Å². The Bertz CT molecular complexity index is 700. The number of allylic oxidation sites excluding steroid dienone is 2. The van der Waals surface area contributed by atoms with Gasteiger partial charge in [0.25, 0.3) is 0 Å². The molecule has 0 unspecified atom stereocenters. The van der Waals surface area contributed by atoms with E-state index in [4.69, 9.17) is 9.47 Å². The quantitative estimate of drug-likeness (QED) is 0.0382. The fourth-order valence-corrected chi connectivity index (χ4v) is 5.87. The number of ether oxygens (including phenoxy) is 2. The first-order valence-corrected chi connectivity index (χ1v) is 19.8. The molecule has 6 nitrogen and oxygen atoms in total. The lowest BCUT2D eigenvalue weighted by Crippen LogP contribution is -2.32. The summed E-state index contributed by atoms with van der Waals surface area (Å²) in [5, 5.41) is 0. The second-order valence-corrected chi connectivity index (χ2v) is 14.1. The predicted octanol–water partition coefficient (Wildman–Crippen LogP) is 10.7. The van der Waals surface area contributed by atoms with E-state index in [2.05, 4.69) is 56.9 Å².